The Balaban J connectivity index is 1.87. The smallest absolute Gasteiger partial charge is 0.420 e. The summed E-state index contributed by atoms with van der Waals surface area (Å²) in [4.78, 5) is 34.3. The fourth-order valence-corrected chi connectivity index (χ4v) is 4.13. The van der Waals surface area contributed by atoms with Crippen LogP contribution in [0.5, 0.6) is 0 Å². The Bertz CT molecular complexity index is 1100. The number of aromatic nitrogens is 1. The number of carbonyl (C=O) groups is 2. The highest BCUT2D eigenvalue weighted by Gasteiger charge is 2.40. The molecular formula is C26H33N3O5. The molecule has 0 bridgehead atoms. The quantitative estimate of drug-likeness (QED) is 0.626. The van der Waals surface area contributed by atoms with Gasteiger partial charge >= 0.3 is 12.2 Å². The van der Waals surface area contributed by atoms with Crippen molar-refractivity contribution in [1.82, 2.24) is 4.98 Å². The molecule has 2 heterocycles. The second-order valence-electron chi connectivity index (χ2n) is 10.9. The van der Waals surface area contributed by atoms with Crippen molar-refractivity contribution in [2.75, 3.05) is 16.4 Å². The number of carbonyl (C=O) groups excluding carboxylic acids is 2. The summed E-state index contributed by atoms with van der Waals surface area (Å²) in [5.41, 5.74) is 1.32. The van der Waals surface area contributed by atoms with E-state index in [9.17, 15) is 14.7 Å². The molecule has 2 atom stereocenters. The number of aliphatic hydroxyl groups excluding tert-OH is 1. The summed E-state index contributed by atoms with van der Waals surface area (Å²) in [5, 5.41) is 9.57. The van der Waals surface area contributed by atoms with Crippen molar-refractivity contribution in [3.05, 3.63) is 47.7 Å². The van der Waals surface area contributed by atoms with Crippen molar-refractivity contribution in [2.45, 2.75) is 71.6 Å². The lowest BCUT2D eigenvalue weighted by Crippen LogP contribution is -2.37. The third-order valence-corrected chi connectivity index (χ3v) is 5.71. The molecule has 4 rings (SSSR count). The van der Waals surface area contributed by atoms with Gasteiger partial charge in [-0.2, -0.15) is 0 Å². The molecule has 8 nitrogen and oxygen atoms in total. The van der Waals surface area contributed by atoms with Crippen molar-refractivity contribution in [2.24, 2.45) is 5.92 Å². The number of ether oxygens (including phenoxy) is 2. The summed E-state index contributed by atoms with van der Waals surface area (Å²) >= 11 is 0. The van der Waals surface area contributed by atoms with E-state index in [1.54, 1.807) is 37.9 Å². The van der Waals surface area contributed by atoms with Crippen LogP contribution in [0.1, 0.15) is 65.0 Å². The van der Waals surface area contributed by atoms with E-state index in [1.165, 1.54) is 4.90 Å². The summed E-state index contributed by atoms with van der Waals surface area (Å²) in [6, 6.07) is 9.30. The van der Waals surface area contributed by atoms with Crippen LogP contribution in [-0.4, -0.2) is 40.1 Å². The van der Waals surface area contributed by atoms with Gasteiger partial charge in [0.15, 0.2) is 0 Å². The van der Waals surface area contributed by atoms with E-state index in [4.69, 9.17) is 9.47 Å². The third kappa shape index (κ3) is 5.01. The highest BCUT2D eigenvalue weighted by atomic mass is 16.6. The first-order valence-electron chi connectivity index (χ1n) is 11.6. The normalized spacial score (nSPS) is 19.6. The molecule has 1 aliphatic carbocycles. The summed E-state index contributed by atoms with van der Waals surface area (Å²) < 4.78 is 11.5. The zero-order valence-electron chi connectivity index (χ0n) is 20.7. The van der Waals surface area contributed by atoms with Crippen molar-refractivity contribution in [3.8, 4) is 0 Å². The number of hydrogen-bond acceptors (Lipinski definition) is 6. The minimum atomic E-state index is -0.717. The number of hydrogen-bond donors (Lipinski definition) is 1. The highest BCUT2D eigenvalue weighted by molar-refractivity contribution is 6.04. The first-order valence-corrected chi connectivity index (χ1v) is 11.6. The van der Waals surface area contributed by atoms with Crippen molar-refractivity contribution < 1.29 is 24.2 Å². The van der Waals surface area contributed by atoms with Crippen LogP contribution in [0.2, 0.25) is 0 Å². The lowest BCUT2D eigenvalue weighted by atomic mass is 10.1. The van der Waals surface area contributed by atoms with Crippen LogP contribution in [0.4, 0.5) is 26.8 Å². The molecule has 8 heteroatoms. The maximum Gasteiger partial charge on any atom is 0.420 e. The van der Waals surface area contributed by atoms with Gasteiger partial charge in [0.25, 0.3) is 0 Å². The molecule has 2 aromatic rings. The van der Waals surface area contributed by atoms with E-state index in [2.05, 4.69) is 4.98 Å². The van der Waals surface area contributed by atoms with Gasteiger partial charge in [-0.25, -0.2) is 19.5 Å². The maximum atomic E-state index is 13.4. The number of fused-ring (bicyclic) bond motifs is 2. The molecule has 182 valence electrons. The van der Waals surface area contributed by atoms with E-state index in [0.29, 0.717) is 22.8 Å². The molecule has 1 saturated carbocycles. The zero-order valence-corrected chi connectivity index (χ0v) is 20.7. The van der Waals surface area contributed by atoms with E-state index < -0.39 is 23.4 Å². The van der Waals surface area contributed by atoms with Gasteiger partial charge in [-0.15, -0.1) is 0 Å². The molecule has 34 heavy (non-hydrogen) atoms. The molecule has 1 aromatic carbocycles. The fraction of sp³-hybridized carbons (Fsp3) is 0.500. The standard InChI is InChI=1S/C26H33N3O5/c1-25(2,3)33-23(31)28-14-17-8-7-11-27-22(17)29(24(32)34-26(4,5)6)20-10-9-16(13-21(20)28)19-12-18(19)15-30/h7-11,13,18-19,30H,12,14-15H2,1-6H3. The molecule has 1 aliphatic heterocycles. The van der Waals surface area contributed by atoms with Gasteiger partial charge < -0.3 is 14.6 Å². The summed E-state index contributed by atoms with van der Waals surface area (Å²) in [6.45, 7) is 11.2. The third-order valence-electron chi connectivity index (χ3n) is 5.71. The zero-order chi connectivity index (χ0) is 24.8. The lowest BCUT2D eigenvalue weighted by molar-refractivity contribution is 0.0571. The molecule has 2 aliphatic rings. The molecule has 0 spiro atoms. The van der Waals surface area contributed by atoms with Crippen molar-refractivity contribution in [1.29, 1.82) is 0 Å². The molecule has 1 fully saturated rings. The molecule has 1 N–H and O–H groups in total. The number of pyridine rings is 1. The second-order valence-corrected chi connectivity index (χ2v) is 10.9. The van der Waals surface area contributed by atoms with Gasteiger partial charge in [0.1, 0.15) is 17.0 Å². The topological polar surface area (TPSA) is 92.2 Å². The maximum absolute atomic E-state index is 13.4. The Morgan fingerprint density at radius 1 is 1.03 bits per heavy atom. The number of anilines is 3. The predicted octanol–water partition coefficient (Wildman–Crippen LogP) is 5.51. The van der Waals surface area contributed by atoms with Crippen LogP contribution < -0.4 is 9.80 Å². The first-order chi connectivity index (χ1) is 15.9. The lowest BCUT2D eigenvalue weighted by Gasteiger charge is -2.29. The van der Waals surface area contributed by atoms with E-state index >= 15 is 0 Å². The van der Waals surface area contributed by atoms with E-state index in [0.717, 1.165) is 12.0 Å². The Morgan fingerprint density at radius 2 is 1.71 bits per heavy atom. The molecule has 2 unspecified atom stereocenters. The molecular weight excluding hydrogens is 434 g/mol. The number of nitrogens with zero attached hydrogens (tertiary/aromatic N) is 3. The Hall–Kier alpha value is -3.13. The van der Waals surface area contributed by atoms with Crippen molar-refractivity contribution in [3.63, 3.8) is 0 Å². The monoisotopic (exact) mass is 467 g/mol. The minimum Gasteiger partial charge on any atom is -0.443 e. The summed E-state index contributed by atoms with van der Waals surface area (Å²) in [6.07, 6.45) is 1.41. The van der Waals surface area contributed by atoms with Gasteiger partial charge in [-0.1, -0.05) is 12.1 Å². The van der Waals surface area contributed by atoms with Crippen LogP contribution in [0.25, 0.3) is 0 Å². The summed E-state index contributed by atoms with van der Waals surface area (Å²) in [7, 11) is 0. The van der Waals surface area contributed by atoms with E-state index in [-0.39, 0.29) is 25.0 Å². The van der Waals surface area contributed by atoms with Crippen LogP contribution in [0.15, 0.2) is 36.5 Å². The molecule has 2 amide bonds. The Morgan fingerprint density at radius 3 is 2.32 bits per heavy atom. The van der Waals surface area contributed by atoms with Gasteiger partial charge in [-0.3, -0.25) is 4.90 Å². The minimum absolute atomic E-state index is 0.122. The van der Waals surface area contributed by atoms with Crippen LogP contribution >= 0.6 is 0 Å². The van der Waals surface area contributed by atoms with Gasteiger partial charge in [0.05, 0.1) is 17.9 Å². The predicted molar refractivity (Wildman–Crippen MR) is 129 cm³/mol. The molecule has 0 radical (unpaired) electrons. The van der Waals surface area contributed by atoms with Crippen LogP contribution in [-0.2, 0) is 16.0 Å². The average Bonchev–Trinajstić information content (AvgIpc) is 3.52. The molecule has 1 aromatic heterocycles. The van der Waals surface area contributed by atoms with Gasteiger partial charge in [0.2, 0.25) is 0 Å². The van der Waals surface area contributed by atoms with Gasteiger partial charge in [-0.05, 0) is 83.6 Å². The number of amides is 2. The number of rotatable bonds is 2. The summed E-state index contributed by atoms with van der Waals surface area (Å²) in [5.74, 6) is 0.839. The average molecular weight is 468 g/mol. The molecule has 0 saturated heterocycles. The van der Waals surface area contributed by atoms with Crippen LogP contribution in [0, 0.1) is 5.92 Å². The number of benzene rings is 1. The number of aliphatic hydroxyl groups is 1. The highest BCUT2D eigenvalue weighted by Crippen LogP contribution is 2.50. The SMILES string of the molecule is CC(C)(C)OC(=O)N1Cc2cccnc2N(C(=O)OC(C)(C)C)c2ccc(C3CC3CO)cc21. The van der Waals surface area contributed by atoms with Crippen molar-refractivity contribution >= 4 is 29.4 Å². The largest absolute Gasteiger partial charge is 0.443 e. The first kappa shape index (κ1) is 24.0. The Kier molecular flexibility index (Phi) is 6.06. The fourth-order valence-electron chi connectivity index (χ4n) is 4.13. The van der Waals surface area contributed by atoms with Gasteiger partial charge in [0, 0.05) is 18.4 Å². The van der Waals surface area contributed by atoms with E-state index in [1.807, 2.05) is 45.0 Å². The second kappa shape index (κ2) is 8.58. The van der Waals surface area contributed by atoms with Crippen LogP contribution in [0.3, 0.4) is 0 Å². The Labute approximate surface area is 200 Å².